The predicted molar refractivity (Wildman–Crippen MR) is 120 cm³/mol. The fraction of sp³-hybridized carbons (Fsp3) is 0.625. The molecule has 7 nitrogen and oxygen atoms in total. The third-order valence-electron chi connectivity index (χ3n) is 5.02. The lowest BCUT2D eigenvalue weighted by molar-refractivity contribution is -0.198. The van der Waals surface area contributed by atoms with E-state index in [1.54, 1.807) is 0 Å². The standard InChI is InChI=1S/C24H38N2O5/c1-8-9-10-13-26(22(30)21(25)29)31-19(27)12-11-16-14-17(23(2,3)4)20(28)18(15-16)24(5,6)7/h14-15,28H,8-13H2,1-7H3,(H2,25,29). The van der Waals surface area contributed by atoms with Crippen LogP contribution in [-0.2, 0) is 36.5 Å². The van der Waals surface area contributed by atoms with Gasteiger partial charge in [0.05, 0.1) is 13.0 Å². The van der Waals surface area contributed by atoms with Gasteiger partial charge in [0.1, 0.15) is 5.75 Å². The Labute approximate surface area is 185 Å². The van der Waals surface area contributed by atoms with Crippen molar-refractivity contribution in [1.82, 2.24) is 5.06 Å². The van der Waals surface area contributed by atoms with Crippen LogP contribution < -0.4 is 5.73 Å². The Kier molecular flexibility index (Phi) is 9.09. The first-order valence-electron chi connectivity index (χ1n) is 10.9. The van der Waals surface area contributed by atoms with Gasteiger partial charge < -0.3 is 15.7 Å². The Bertz CT molecular complexity index is 768. The number of nitrogens with zero attached hydrogens (tertiary/aromatic N) is 1. The lowest BCUT2D eigenvalue weighted by Crippen LogP contribution is -2.42. The summed E-state index contributed by atoms with van der Waals surface area (Å²) in [4.78, 5) is 40.7. The average Bonchev–Trinajstić information content (AvgIpc) is 2.63. The first-order valence-corrected chi connectivity index (χ1v) is 10.9. The minimum atomic E-state index is -1.16. The molecule has 31 heavy (non-hydrogen) atoms. The summed E-state index contributed by atoms with van der Waals surface area (Å²) >= 11 is 0. The highest BCUT2D eigenvalue weighted by Gasteiger charge is 2.27. The Hall–Kier alpha value is -2.57. The molecule has 0 aliphatic heterocycles. The van der Waals surface area contributed by atoms with Gasteiger partial charge in [-0.15, -0.1) is 0 Å². The van der Waals surface area contributed by atoms with Crippen LogP contribution in [0.4, 0.5) is 0 Å². The minimum absolute atomic E-state index is 0.0221. The van der Waals surface area contributed by atoms with Crippen molar-refractivity contribution in [3.05, 3.63) is 28.8 Å². The van der Waals surface area contributed by atoms with Crippen LogP contribution in [0.1, 0.15) is 90.8 Å². The molecule has 0 atom stereocenters. The van der Waals surface area contributed by atoms with Gasteiger partial charge in [-0.3, -0.25) is 9.59 Å². The number of nitrogens with two attached hydrogens (primary N) is 1. The molecule has 0 aliphatic carbocycles. The Morgan fingerprint density at radius 3 is 1.94 bits per heavy atom. The number of carbonyl (C=O) groups excluding carboxylic acids is 3. The second kappa shape index (κ2) is 10.6. The van der Waals surface area contributed by atoms with Gasteiger partial charge in [0, 0.05) is 0 Å². The van der Waals surface area contributed by atoms with Crippen LogP contribution in [0, 0.1) is 0 Å². The first-order chi connectivity index (χ1) is 14.2. The first kappa shape index (κ1) is 26.5. The molecule has 174 valence electrons. The van der Waals surface area contributed by atoms with E-state index in [1.165, 1.54) is 0 Å². The molecule has 0 saturated heterocycles. The average molecular weight is 435 g/mol. The molecule has 0 bridgehead atoms. The van der Waals surface area contributed by atoms with E-state index in [2.05, 4.69) is 0 Å². The summed E-state index contributed by atoms with van der Waals surface area (Å²) < 4.78 is 0. The third-order valence-corrected chi connectivity index (χ3v) is 5.02. The number of hydrogen-bond acceptors (Lipinski definition) is 5. The van der Waals surface area contributed by atoms with Gasteiger partial charge >= 0.3 is 17.8 Å². The molecule has 0 heterocycles. The zero-order valence-corrected chi connectivity index (χ0v) is 20.0. The topological polar surface area (TPSA) is 110 Å². The number of phenolic OH excluding ortho intramolecular Hbond substituents is 1. The molecule has 0 aliphatic rings. The number of rotatable bonds is 7. The molecule has 0 radical (unpaired) electrons. The maximum absolute atomic E-state index is 12.4. The molecule has 0 unspecified atom stereocenters. The van der Waals surface area contributed by atoms with Crippen molar-refractivity contribution < 1.29 is 24.3 Å². The van der Waals surface area contributed by atoms with E-state index in [9.17, 15) is 19.5 Å². The van der Waals surface area contributed by atoms with Gasteiger partial charge in [-0.25, -0.2) is 4.79 Å². The summed E-state index contributed by atoms with van der Waals surface area (Å²) in [5.41, 5.74) is 7.04. The van der Waals surface area contributed by atoms with Crippen LogP contribution in [0.3, 0.4) is 0 Å². The van der Waals surface area contributed by atoms with Crippen molar-refractivity contribution in [1.29, 1.82) is 0 Å². The van der Waals surface area contributed by atoms with Crippen LogP contribution in [-0.4, -0.2) is 34.5 Å². The van der Waals surface area contributed by atoms with Crippen molar-refractivity contribution in [3.8, 4) is 5.75 Å². The predicted octanol–water partition coefficient (Wildman–Crippen LogP) is 3.88. The van der Waals surface area contributed by atoms with Crippen LogP contribution in [0.25, 0.3) is 0 Å². The number of phenols is 1. The summed E-state index contributed by atoms with van der Waals surface area (Å²) in [6, 6.07) is 3.82. The minimum Gasteiger partial charge on any atom is -0.507 e. The van der Waals surface area contributed by atoms with E-state index < -0.39 is 17.8 Å². The number of hydroxylamine groups is 2. The molecule has 0 fully saturated rings. The van der Waals surface area contributed by atoms with Crippen molar-refractivity contribution in [2.75, 3.05) is 6.54 Å². The molecule has 1 rings (SSSR count). The molecule has 1 aromatic rings. The summed E-state index contributed by atoms with van der Waals surface area (Å²) in [5.74, 6) is -2.53. The van der Waals surface area contributed by atoms with E-state index in [1.807, 2.05) is 60.6 Å². The maximum atomic E-state index is 12.4. The number of carbonyl (C=O) groups is 3. The van der Waals surface area contributed by atoms with Crippen LogP contribution in [0.5, 0.6) is 5.75 Å². The van der Waals surface area contributed by atoms with Crippen LogP contribution in [0.15, 0.2) is 12.1 Å². The smallest absolute Gasteiger partial charge is 0.344 e. The molecule has 1 aromatic carbocycles. The fourth-order valence-electron chi connectivity index (χ4n) is 3.21. The van der Waals surface area contributed by atoms with Gasteiger partial charge in [-0.05, 0) is 40.4 Å². The summed E-state index contributed by atoms with van der Waals surface area (Å²) in [6.07, 6.45) is 2.75. The van der Waals surface area contributed by atoms with Crippen molar-refractivity contribution in [2.24, 2.45) is 5.73 Å². The Balaban J connectivity index is 3.01. The largest absolute Gasteiger partial charge is 0.507 e. The number of primary amides is 1. The maximum Gasteiger partial charge on any atom is 0.344 e. The number of hydrogen-bond donors (Lipinski definition) is 2. The fourth-order valence-corrected chi connectivity index (χ4v) is 3.21. The summed E-state index contributed by atoms with van der Waals surface area (Å²) in [7, 11) is 0. The van der Waals surface area contributed by atoms with Gasteiger partial charge in [0.2, 0.25) is 0 Å². The molecule has 0 saturated carbocycles. The molecule has 0 aromatic heterocycles. The molecular weight excluding hydrogens is 396 g/mol. The lowest BCUT2D eigenvalue weighted by atomic mass is 9.78. The Morgan fingerprint density at radius 1 is 1.00 bits per heavy atom. The van der Waals surface area contributed by atoms with Crippen molar-refractivity contribution >= 4 is 17.8 Å². The zero-order chi connectivity index (χ0) is 24.0. The SMILES string of the molecule is CCCCCN(OC(=O)CCc1cc(C(C)(C)C)c(O)c(C(C)(C)C)c1)C(=O)C(N)=O. The quantitative estimate of drug-likeness (QED) is 0.384. The number of unbranched alkanes of at least 4 members (excludes halogenated alkanes) is 2. The number of amides is 2. The molecular formula is C24H38N2O5. The van der Waals surface area contributed by atoms with Crippen molar-refractivity contribution in [3.63, 3.8) is 0 Å². The lowest BCUT2D eigenvalue weighted by Gasteiger charge is -2.28. The Morgan fingerprint density at radius 2 is 1.52 bits per heavy atom. The number of aromatic hydroxyl groups is 1. The highest BCUT2D eigenvalue weighted by atomic mass is 16.7. The molecule has 0 spiro atoms. The van der Waals surface area contributed by atoms with E-state index in [-0.39, 0.29) is 29.5 Å². The number of aryl methyl sites for hydroxylation is 1. The van der Waals surface area contributed by atoms with E-state index >= 15 is 0 Å². The van der Waals surface area contributed by atoms with Crippen molar-refractivity contribution in [2.45, 2.75) is 91.4 Å². The number of benzene rings is 1. The summed E-state index contributed by atoms with van der Waals surface area (Å²) in [5, 5.41) is 11.6. The second-order valence-corrected chi connectivity index (χ2v) is 9.98. The zero-order valence-electron chi connectivity index (χ0n) is 20.0. The monoisotopic (exact) mass is 434 g/mol. The molecule has 7 heteroatoms. The highest BCUT2D eigenvalue weighted by molar-refractivity contribution is 6.34. The van der Waals surface area contributed by atoms with Gasteiger partial charge in [0.15, 0.2) is 0 Å². The highest BCUT2D eigenvalue weighted by Crippen LogP contribution is 2.40. The van der Waals surface area contributed by atoms with Gasteiger partial charge in [-0.2, -0.15) is 5.06 Å². The van der Waals surface area contributed by atoms with E-state index in [0.717, 1.165) is 34.6 Å². The normalized spacial score (nSPS) is 11.8. The second-order valence-electron chi connectivity index (χ2n) is 9.98. The molecule has 2 amide bonds. The van der Waals surface area contributed by atoms with Crippen LogP contribution in [0.2, 0.25) is 0 Å². The van der Waals surface area contributed by atoms with Gasteiger partial charge in [-0.1, -0.05) is 73.4 Å². The van der Waals surface area contributed by atoms with E-state index in [4.69, 9.17) is 10.6 Å². The van der Waals surface area contributed by atoms with Crippen LogP contribution >= 0.6 is 0 Å². The third kappa shape index (κ3) is 7.89. The summed E-state index contributed by atoms with van der Waals surface area (Å²) in [6.45, 7) is 14.3. The molecule has 3 N–H and O–H groups in total. The van der Waals surface area contributed by atoms with E-state index in [0.29, 0.717) is 12.8 Å². The van der Waals surface area contributed by atoms with Gasteiger partial charge in [0.25, 0.3) is 0 Å².